The maximum Gasteiger partial charge on any atom is 0.0508 e. The van der Waals surface area contributed by atoms with E-state index in [1.165, 1.54) is 45.0 Å². The van der Waals surface area contributed by atoms with Crippen LogP contribution in [0, 0.1) is 20.8 Å². The summed E-state index contributed by atoms with van der Waals surface area (Å²) in [7, 11) is 4.40. The fourth-order valence-electron chi connectivity index (χ4n) is 3.62. The van der Waals surface area contributed by atoms with Gasteiger partial charge in [0.05, 0.1) is 5.69 Å². The first-order valence-electron chi connectivity index (χ1n) is 9.21. The van der Waals surface area contributed by atoms with E-state index >= 15 is 0 Å². The molecule has 0 atom stereocenters. The summed E-state index contributed by atoms with van der Waals surface area (Å²) >= 11 is 1.91. The highest BCUT2D eigenvalue weighted by molar-refractivity contribution is 7.99. The van der Waals surface area contributed by atoms with E-state index in [9.17, 15) is 0 Å². The van der Waals surface area contributed by atoms with Crippen LogP contribution in [0.2, 0.25) is 0 Å². The van der Waals surface area contributed by atoms with Gasteiger partial charge in [0.25, 0.3) is 0 Å². The van der Waals surface area contributed by atoms with E-state index in [-0.39, 0.29) is 0 Å². The number of anilines is 1. The zero-order chi connectivity index (χ0) is 18.0. The molecule has 0 N–H and O–H groups in total. The molecule has 1 fully saturated rings. The predicted molar refractivity (Wildman–Crippen MR) is 110 cm³/mol. The van der Waals surface area contributed by atoms with Crippen molar-refractivity contribution in [3.63, 3.8) is 0 Å². The van der Waals surface area contributed by atoms with E-state index in [2.05, 4.69) is 81.1 Å². The van der Waals surface area contributed by atoms with E-state index in [4.69, 9.17) is 0 Å². The molecule has 1 heterocycles. The van der Waals surface area contributed by atoms with Gasteiger partial charge in [-0.1, -0.05) is 35.5 Å². The third-order valence-electron chi connectivity index (χ3n) is 5.20. The van der Waals surface area contributed by atoms with Crippen molar-refractivity contribution in [2.45, 2.75) is 49.4 Å². The molecule has 0 radical (unpaired) electrons. The zero-order valence-corrected chi connectivity index (χ0v) is 17.0. The Bertz CT molecular complexity index is 731. The first kappa shape index (κ1) is 18.3. The molecule has 1 aliphatic rings. The van der Waals surface area contributed by atoms with Gasteiger partial charge in [-0.05, 0) is 77.0 Å². The van der Waals surface area contributed by atoms with Gasteiger partial charge in [0.2, 0.25) is 0 Å². The Morgan fingerprint density at radius 3 is 2.16 bits per heavy atom. The lowest BCUT2D eigenvalue weighted by molar-refractivity contribution is 0.249. The third-order valence-corrected chi connectivity index (χ3v) is 6.43. The number of hydrogen-bond acceptors (Lipinski definition) is 3. The topological polar surface area (TPSA) is 6.48 Å². The highest BCUT2D eigenvalue weighted by Crippen LogP contribution is 2.38. The number of hydrogen-bond donors (Lipinski definition) is 0. The van der Waals surface area contributed by atoms with E-state index < -0.39 is 0 Å². The fourth-order valence-corrected chi connectivity index (χ4v) is 4.76. The Morgan fingerprint density at radius 2 is 1.52 bits per heavy atom. The van der Waals surface area contributed by atoms with Crippen LogP contribution in [0.15, 0.2) is 46.2 Å². The van der Waals surface area contributed by atoms with Gasteiger partial charge in [0, 0.05) is 28.9 Å². The average Bonchev–Trinajstić information content (AvgIpc) is 2.58. The summed E-state index contributed by atoms with van der Waals surface area (Å²) in [6, 6.07) is 14.4. The molecule has 2 aromatic carbocycles. The Hall–Kier alpha value is -1.45. The normalized spacial score (nSPS) is 15.8. The lowest BCUT2D eigenvalue weighted by Crippen LogP contribution is -2.42. The molecule has 3 rings (SSSR count). The maximum atomic E-state index is 2.57. The van der Waals surface area contributed by atoms with Crippen LogP contribution in [0.3, 0.4) is 0 Å². The van der Waals surface area contributed by atoms with Crippen LogP contribution in [0.1, 0.15) is 29.5 Å². The molecule has 134 valence electrons. The van der Waals surface area contributed by atoms with Crippen molar-refractivity contribution in [3.8, 4) is 0 Å². The fraction of sp³-hybridized carbons (Fsp3) is 0.455. The molecule has 0 aliphatic carbocycles. The summed E-state index contributed by atoms with van der Waals surface area (Å²) in [6.07, 6.45) is 2.49. The smallest absolute Gasteiger partial charge is 0.0508 e. The van der Waals surface area contributed by atoms with Gasteiger partial charge in [-0.25, -0.2) is 0 Å². The molecule has 0 unspecified atom stereocenters. The molecule has 0 aromatic heterocycles. The zero-order valence-electron chi connectivity index (χ0n) is 16.2. The molecule has 0 bridgehead atoms. The number of rotatable bonds is 4. The summed E-state index contributed by atoms with van der Waals surface area (Å²) in [4.78, 5) is 7.69. The first-order chi connectivity index (χ1) is 11.9. The van der Waals surface area contributed by atoms with Crippen LogP contribution in [-0.4, -0.2) is 38.1 Å². The van der Waals surface area contributed by atoms with Crippen molar-refractivity contribution in [1.29, 1.82) is 0 Å². The minimum Gasteiger partial charge on any atom is -0.371 e. The summed E-state index contributed by atoms with van der Waals surface area (Å²) < 4.78 is 0. The molecular weight excluding hydrogens is 324 g/mol. The average molecular weight is 355 g/mol. The van der Waals surface area contributed by atoms with Gasteiger partial charge < -0.3 is 9.80 Å². The minimum absolute atomic E-state index is 0.720. The van der Waals surface area contributed by atoms with Gasteiger partial charge in [-0.15, -0.1) is 0 Å². The maximum absolute atomic E-state index is 2.57. The standard InChI is InChI=1S/C22H30N2S/c1-16-7-9-21(18(3)14-16)25-22-15-17(2)6-8-20(22)24-12-10-19(11-13-24)23(4)5/h6-9,14-15,19H,10-13H2,1-5H3. The number of piperidine rings is 1. The van der Waals surface area contributed by atoms with Crippen molar-refractivity contribution >= 4 is 17.4 Å². The number of benzene rings is 2. The SMILES string of the molecule is Cc1ccc(Sc2cc(C)ccc2N2CCC(N(C)C)CC2)c(C)c1. The lowest BCUT2D eigenvalue weighted by Gasteiger charge is -2.37. The van der Waals surface area contributed by atoms with Crippen molar-refractivity contribution < 1.29 is 0 Å². The van der Waals surface area contributed by atoms with Crippen LogP contribution in [0.4, 0.5) is 5.69 Å². The van der Waals surface area contributed by atoms with Crippen molar-refractivity contribution in [3.05, 3.63) is 53.1 Å². The summed E-state index contributed by atoms with van der Waals surface area (Å²) in [6.45, 7) is 8.86. The Kier molecular flexibility index (Phi) is 5.75. The predicted octanol–water partition coefficient (Wildman–Crippen LogP) is 5.29. The molecule has 2 nitrogen and oxygen atoms in total. The van der Waals surface area contributed by atoms with Crippen molar-refractivity contribution in [1.82, 2.24) is 4.90 Å². The molecule has 1 aliphatic heterocycles. The Labute approximate surface area is 157 Å². The lowest BCUT2D eigenvalue weighted by atomic mass is 10.0. The second-order valence-corrected chi connectivity index (χ2v) is 8.61. The highest BCUT2D eigenvalue weighted by atomic mass is 32.2. The van der Waals surface area contributed by atoms with Crippen LogP contribution < -0.4 is 4.90 Å². The Balaban J connectivity index is 1.84. The van der Waals surface area contributed by atoms with Gasteiger partial charge in [0.15, 0.2) is 0 Å². The van der Waals surface area contributed by atoms with Crippen LogP contribution in [-0.2, 0) is 0 Å². The molecule has 3 heteroatoms. The van der Waals surface area contributed by atoms with E-state index in [0.717, 1.165) is 19.1 Å². The second-order valence-electron chi connectivity index (χ2n) is 7.52. The Morgan fingerprint density at radius 1 is 0.880 bits per heavy atom. The first-order valence-corrected chi connectivity index (χ1v) is 10.0. The van der Waals surface area contributed by atoms with Gasteiger partial charge >= 0.3 is 0 Å². The van der Waals surface area contributed by atoms with Gasteiger partial charge in [-0.3, -0.25) is 0 Å². The molecule has 0 spiro atoms. The largest absolute Gasteiger partial charge is 0.371 e. The minimum atomic E-state index is 0.720. The molecule has 25 heavy (non-hydrogen) atoms. The molecule has 0 amide bonds. The van der Waals surface area contributed by atoms with E-state index in [0.29, 0.717) is 0 Å². The monoisotopic (exact) mass is 354 g/mol. The van der Waals surface area contributed by atoms with Crippen LogP contribution >= 0.6 is 11.8 Å². The molecular formula is C22H30N2S. The highest BCUT2D eigenvalue weighted by Gasteiger charge is 2.22. The van der Waals surface area contributed by atoms with E-state index in [1.54, 1.807) is 0 Å². The van der Waals surface area contributed by atoms with Crippen molar-refractivity contribution in [2.24, 2.45) is 0 Å². The molecule has 2 aromatic rings. The van der Waals surface area contributed by atoms with Gasteiger partial charge in [-0.2, -0.15) is 0 Å². The second kappa shape index (κ2) is 7.84. The number of nitrogens with zero attached hydrogens (tertiary/aromatic N) is 2. The van der Waals surface area contributed by atoms with Crippen molar-refractivity contribution in [2.75, 3.05) is 32.1 Å². The number of aryl methyl sites for hydroxylation is 3. The van der Waals surface area contributed by atoms with Crippen LogP contribution in [0.25, 0.3) is 0 Å². The molecule has 0 saturated carbocycles. The van der Waals surface area contributed by atoms with E-state index in [1.807, 2.05) is 11.8 Å². The molecule has 1 saturated heterocycles. The summed E-state index contributed by atoms with van der Waals surface area (Å²) in [5.41, 5.74) is 5.42. The summed E-state index contributed by atoms with van der Waals surface area (Å²) in [5, 5.41) is 0. The third kappa shape index (κ3) is 4.39. The van der Waals surface area contributed by atoms with Gasteiger partial charge in [0.1, 0.15) is 0 Å². The quantitative estimate of drug-likeness (QED) is 0.736. The van der Waals surface area contributed by atoms with Crippen LogP contribution in [0.5, 0.6) is 0 Å². The summed E-state index contributed by atoms with van der Waals surface area (Å²) in [5.74, 6) is 0.